The van der Waals surface area contributed by atoms with E-state index in [1.54, 1.807) is 7.11 Å². The van der Waals surface area contributed by atoms with Crippen molar-refractivity contribution in [2.75, 3.05) is 13.7 Å². The van der Waals surface area contributed by atoms with Crippen LogP contribution in [-0.2, 0) is 11.2 Å². The standard InChI is InChI=1S/C16H27BrN2O2/c1-5-16(6-2,21-7-3)15(19-18)11-12-10-13(17)8-9-14(12)20-4/h8-10,15,19H,5-7,11,18H2,1-4H3. The summed E-state index contributed by atoms with van der Waals surface area (Å²) in [6, 6.07) is 6.04. The predicted molar refractivity (Wildman–Crippen MR) is 90.4 cm³/mol. The van der Waals surface area contributed by atoms with Crippen LogP contribution in [0.15, 0.2) is 22.7 Å². The Morgan fingerprint density at radius 3 is 2.43 bits per heavy atom. The molecule has 0 radical (unpaired) electrons. The Kier molecular flexibility index (Phi) is 7.66. The van der Waals surface area contributed by atoms with Crippen molar-refractivity contribution in [1.29, 1.82) is 0 Å². The molecule has 21 heavy (non-hydrogen) atoms. The number of methoxy groups -OCH3 is 1. The smallest absolute Gasteiger partial charge is 0.122 e. The Hall–Kier alpha value is -0.620. The van der Waals surface area contributed by atoms with Gasteiger partial charge in [-0.3, -0.25) is 11.3 Å². The Balaban J connectivity index is 3.08. The first-order chi connectivity index (χ1) is 10.1. The van der Waals surface area contributed by atoms with Gasteiger partial charge in [-0.05, 0) is 49.9 Å². The number of hydrazine groups is 1. The minimum Gasteiger partial charge on any atom is -0.496 e. The van der Waals surface area contributed by atoms with Crippen molar-refractivity contribution < 1.29 is 9.47 Å². The van der Waals surface area contributed by atoms with E-state index in [0.717, 1.165) is 35.0 Å². The average molecular weight is 359 g/mol. The van der Waals surface area contributed by atoms with Gasteiger partial charge in [-0.25, -0.2) is 0 Å². The number of hydrogen-bond acceptors (Lipinski definition) is 4. The molecule has 1 atom stereocenters. The lowest BCUT2D eigenvalue weighted by Crippen LogP contribution is -2.55. The molecule has 0 aliphatic heterocycles. The van der Waals surface area contributed by atoms with Crippen molar-refractivity contribution in [2.24, 2.45) is 5.84 Å². The first-order valence-corrected chi connectivity index (χ1v) is 8.28. The van der Waals surface area contributed by atoms with E-state index in [9.17, 15) is 0 Å². The highest BCUT2D eigenvalue weighted by atomic mass is 79.9. The second kappa shape index (κ2) is 8.73. The fraction of sp³-hybridized carbons (Fsp3) is 0.625. The second-order valence-corrected chi connectivity index (χ2v) is 6.00. The van der Waals surface area contributed by atoms with Gasteiger partial charge in [0.2, 0.25) is 0 Å². The molecule has 1 unspecified atom stereocenters. The molecule has 4 nitrogen and oxygen atoms in total. The zero-order chi connectivity index (χ0) is 15.9. The van der Waals surface area contributed by atoms with Crippen LogP contribution >= 0.6 is 15.9 Å². The van der Waals surface area contributed by atoms with E-state index in [1.165, 1.54) is 0 Å². The van der Waals surface area contributed by atoms with Crippen LogP contribution in [0.3, 0.4) is 0 Å². The summed E-state index contributed by atoms with van der Waals surface area (Å²) >= 11 is 3.51. The molecule has 1 rings (SSSR count). The fourth-order valence-electron chi connectivity index (χ4n) is 2.86. The van der Waals surface area contributed by atoms with Crippen LogP contribution in [0, 0.1) is 0 Å². The number of nitrogens with one attached hydrogen (secondary N) is 1. The highest BCUT2D eigenvalue weighted by Crippen LogP contribution is 2.31. The van der Waals surface area contributed by atoms with Crippen LogP contribution in [0.4, 0.5) is 0 Å². The zero-order valence-electron chi connectivity index (χ0n) is 13.4. The predicted octanol–water partition coefficient (Wildman–Crippen LogP) is 3.43. The number of ether oxygens (including phenoxy) is 2. The molecule has 0 fully saturated rings. The number of nitrogens with two attached hydrogens (primary N) is 1. The van der Waals surface area contributed by atoms with Gasteiger partial charge in [-0.1, -0.05) is 29.8 Å². The molecule has 0 aliphatic carbocycles. The molecule has 0 saturated heterocycles. The monoisotopic (exact) mass is 358 g/mol. The van der Waals surface area contributed by atoms with Crippen LogP contribution in [0.5, 0.6) is 5.75 Å². The molecular weight excluding hydrogens is 332 g/mol. The molecule has 0 amide bonds. The van der Waals surface area contributed by atoms with Gasteiger partial charge in [-0.2, -0.15) is 0 Å². The molecule has 0 heterocycles. The quantitative estimate of drug-likeness (QED) is 0.524. The van der Waals surface area contributed by atoms with Crippen molar-refractivity contribution in [2.45, 2.75) is 51.7 Å². The first kappa shape index (κ1) is 18.4. The number of halogens is 1. The van der Waals surface area contributed by atoms with Gasteiger partial charge < -0.3 is 9.47 Å². The van der Waals surface area contributed by atoms with E-state index in [1.807, 2.05) is 19.1 Å². The second-order valence-electron chi connectivity index (χ2n) is 5.08. The lowest BCUT2D eigenvalue weighted by atomic mass is 9.84. The van der Waals surface area contributed by atoms with Crippen molar-refractivity contribution in [3.05, 3.63) is 28.2 Å². The summed E-state index contributed by atoms with van der Waals surface area (Å²) in [5, 5.41) is 0. The number of hydrogen-bond donors (Lipinski definition) is 2. The lowest BCUT2D eigenvalue weighted by molar-refractivity contribution is -0.0720. The molecule has 3 N–H and O–H groups in total. The Labute approximate surface area is 136 Å². The normalized spacial score (nSPS) is 13.2. The molecule has 0 bridgehead atoms. The highest BCUT2D eigenvalue weighted by Gasteiger charge is 2.36. The van der Waals surface area contributed by atoms with Crippen molar-refractivity contribution in [3.63, 3.8) is 0 Å². The molecule has 5 heteroatoms. The molecule has 1 aromatic rings. The van der Waals surface area contributed by atoms with Crippen LogP contribution < -0.4 is 16.0 Å². The molecule has 1 aromatic carbocycles. The topological polar surface area (TPSA) is 56.5 Å². The van der Waals surface area contributed by atoms with Crippen molar-refractivity contribution >= 4 is 15.9 Å². The minimum absolute atomic E-state index is 0.0237. The Morgan fingerprint density at radius 1 is 1.29 bits per heavy atom. The maximum atomic E-state index is 6.06. The van der Waals surface area contributed by atoms with E-state index in [4.69, 9.17) is 15.3 Å². The molecule has 0 aromatic heterocycles. The molecule has 0 saturated carbocycles. The van der Waals surface area contributed by atoms with Gasteiger partial charge in [0.05, 0.1) is 18.8 Å². The third-order valence-corrected chi connectivity index (χ3v) is 4.62. The third-order valence-electron chi connectivity index (χ3n) is 4.13. The summed E-state index contributed by atoms with van der Waals surface area (Å²) in [6.45, 7) is 6.98. The van der Waals surface area contributed by atoms with Gasteiger partial charge >= 0.3 is 0 Å². The summed E-state index contributed by atoms with van der Waals surface area (Å²) in [5.74, 6) is 6.71. The van der Waals surface area contributed by atoms with E-state index < -0.39 is 0 Å². The van der Waals surface area contributed by atoms with Crippen LogP contribution in [-0.4, -0.2) is 25.4 Å². The van der Waals surface area contributed by atoms with Gasteiger partial charge in [0.15, 0.2) is 0 Å². The average Bonchev–Trinajstić information content (AvgIpc) is 2.51. The molecule has 120 valence electrons. The molecule has 0 aliphatic rings. The van der Waals surface area contributed by atoms with Crippen LogP contribution in [0.1, 0.15) is 39.2 Å². The molecular formula is C16H27BrN2O2. The summed E-state index contributed by atoms with van der Waals surface area (Å²) in [6.07, 6.45) is 2.56. The van der Waals surface area contributed by atoms with Crippen molar-refractivity contribution in [3.8, 4) is 5.75 Å². The number of rotatable bonds is 9. The molecule has 0 spiro atoms. The first-order valence-electron chi connectivity index (χ1n) is 7.49. The summed E-state index contributed by atoms with van der Waals surface area (Å²) in [4.78, 5) is 0. The lowest BCUT2D eigenvalue weighted by Gasteiger charge is -2.39. The van der Waals surface area contributed by atoms with E-state index in [-0.39, 0.29) is 11.6 Å². The van der Waals surface area contributed by atoms with Crippen molar-refractivity contribution in [1.82, 2.24) is 5.43 Å². The van der Waals surface area contributed by atoms with Gasteiger partial charge in [0, 0.05) is 11.1 Å². The maximum Gasteiger partial charge on any atom is 0.122 e. The Morgan fingerprint density at radius 2 is 1.95 bits per heavy atom. The maximum absolute atomic E-state index is 6.06. The zero-order valence-corrected chi connectivity index (χ0v) is 15.0. The SMILES string of the molecule is CCOC(CC)(CC)C(Cc1cc(Br)ccc1OC)NN. The summed E-state index contributed by atoms with van der Waals surface area (Å²) < 4.78 is 12.5. The third kappa shape index (κ3) is 4.42. The number of benzene rings is 1. The van der Waals surface area contributed by atoms with Gasteiger partial charge in [0.25, 0.3) is 0 Å². The highest BCUT2D eigenvalue weighted by molar-refractivity contribution is 9.10. The summed E-state index contributed by atoms with van der Waals surface area (Å²) in [7, 11) is 1.69. The van der Waals surface area contributed by atoms with Gasteiger partial charge in [0.1, 0.15) is 5.75 Å². The largest absolute Gasteiger partial charge is 0.496 e. The van der Waals surface area contributed by atoms with E-state index >= 15 is 0 Å². The fourth-order valence-corrected chi connectivity index (χ4v) is 3.27. The Bertz CT molecular complexity index is 436. The minimum atomic E-state index is -0.267. The van der Waals surface area contributed by atoms with E-state index in [0.29, 0.717) is 6.61 Å². The van der Waals surface area contributed by atoms with Crippen LogP contribution in [0.2, 0.25) is 0 Å². The summed E-state index contributed by atoms with van der Waals surface area (Å²) in [5.41, 5.74) is 3.80. The van der Waals surface area contributed by atoms with Gasteiger partial charge in [-0.15, -0.1) is 0 Å². The van der Waals surface area contributed by atoms with Crippen LogP contribution in [0.25, 0.3) is 0 Å². The van der Waals surface area contributed by atoms with E-state index in [2.05, 4.69) is 41.3 Å².